The molecule has 0 aliphatic rings. The van der Waals surface area contributed by atoms with Crippen LogP contribution in [-0.4, -0.2) is 28.3 Å². The van der Waals surface area contributed by atoms with Gasteiger partial charge in [0.05, 0.1) is 5.69 Å². The molecule has 0 fully saturated rings. The zero-order chi connectivity index (χ0) is 14.7. The maximum Gasteiger partial charge on any atom is 0.358 e. The third-order valence-electron chi connectivity index (χ3n) is 2.71. The number of hydrogen-bond donors (Lipinski definition) is 1. The Morgan fingerprint density at radius 2 is 2.19 bits per heavy atom. The lowest BCUT2D eigenvalue weighted by Crippen LogP contribution is -2.14. The van der Waals surface area contributed by atoms with Crippen molar-refractivity contribution in [3.8, 4) is 10.6 Å². The molecule has 0 amide bonds. The summed E-state index contributed by atoms with van der Waals surface area (Å²) < 4.78 is 4.98. The molecular formula is C14H10N2O3S2. The van der Waals surface area contributed by atoms with Crippen LogP contribution in [0.25, 0.3) is 10.6 Å². The monoisotopic (exact) mass is 318 g/mol. The SMILES string of the molecule is O=C(OCC(=O)c1ccc[nH]1)c1csc(-c2ccsc2)n1. The molecule has 0 saturated heterocycles. The van der Waals surface area contributed by atoms with Crippen molar-refractivity contribution in [1.29, 1.82) is 0 Å². The third kappa shape index (κ3) is 3.09. The van der Waals surface area contributed by atoms with Gasteiger partial charge in [-0.3, -0.25) is 4.79 Å². The van der Waals surface area contributed by atoms with Gasteiger partial charge in [-0.1, -0.05) is 0 Å². The number of ketones is 1. The second-order valence-electron chi connectivity index (χ2n) is 4.13. The Labute approximate surface area is 128 Å². The van der Waals surface area contributed by atoms with Crippen LogP contribution in [0.15, 0.2) is 40.5 Å². The van der Waals surface area contributed by atoms with Gasteiger partial charge in [-0.15, -0.1) is 11.3 Å². The van der Waals surface area contributed by atoms with E-state index < -0.39 is 5.97 Å². The van der Waals surface area contributed by atoms with Crippen molar-refractivity contribution < 1.29 is 14.3 Å². The van der Waals surface area contributed by atoms with Crippen LogP contribution in [0, 0.1) is 0 Å². The minimum Gasteiger partial charge on any atom is -0.452 e. The van der Waals surface area contributed by atoms with Crippen LogP contribution >= 0.6 is 22.7 Å². The van der Waals surface area contributed by atoms with Gasteiger partial charge in [0.1, 0.15) is 5.01 Å². The molecule has 0 atom stereocenters. The first kappa shape index (κ1) is 13.7. The number of thiophene rings is 1. The quantitative estimate of drug-likeness (QED) is 0.579. The van der Waals surface area contributed by atoms with Crippen molar-refractivity contribution in [2.45, 2.75) is 0 Å². The summed E-state index contributed by atoms with van der Waals surface area (Å²) in [5.41, 5.74) is 1.62. The van der Waals surface area contributed by atoms with E-state index in [1.807, 2.05) is 16.8 Å². The summed E-state index contributed by atoms with van der Waals surface area (Å²) in [6.07, 6.45) is 1.64. The molecule has 1 N–H and O–H groups in total. The van der Waals surface area contributed by atoms with E-state index in [1.54, 1.807) is 35.0 Å². The summed E-state index contributed by atoms with van der Waals surface area (Å²) in [4.78, 5) is 30.6. The summed E-state index contributed by atoms with van der Waals surface area (Å²) in [5, 5.41) is 6.31. The largest absolute Gasteiger partial charge is 0.452 e. The van der Waals surface area contributed by atoms with Crippen molar-refractivity contribution in [2.75, 3.05) is 6.61 Å². The molecule has 0 radical (unpaired) electrons. The van der Waals surface area contributed by atoms with Gasteiger partial charge in [0.15, 0.2) is 12.3 Å². The number of rotatable bonds is 5. The van der Waals surface area contributed by atoms with E-state index in [0.717, 1.165) is 10.6 Å². The van der Waals surface area contributed by atoms with Gasteiger partial charge in [0.25, 0.3) is 0 Å². The maximum absolute atomic E-state index is 11.9. The highest BCUT2D eigenvalue weighted by Crippen LogP contribution is 2.25. The van der Waals surface area contributed by atoms with E-state index in [1.165, 1.54) is 11.3 Å². The average molecular weight is 318 g/mol. The lowest BCUT2D eigenvalue weighted by molar-refractivity contribution is 0.0468. The van der Waals surface area contributed by atoms with Crippen molar-refractivity contribution in [3.05, 3.63) is 51.9 Å². The van der Waals surface area contributed by atoms with Gasteiger partial charge in [0.2, 0.25) is 5.78 Å². The van der Waals surface area contributed by atoms with Crippen LogP contribution in [0.3, 0.4) is 0 Å². The van der Waals surface area contributed by atoms with Gasteiger partial charge < -0.3 is 9.72 Å². The zero-order valence-electron chi connectivity index (χ0n) is 10.7. The lowest BCUT2D eigenvalue weighted by atomic mass is 10.3. The minimum atomic E-state index is -0.590. The molecular weight excluding hydrogens is 308 g/mol. The number of aromatic nitrogens is 2. The van der Waals surface area contributed by atoms with Crippen molar-refractivity contribution in [3.63, 3.8) is 0 Å². The number of ether oxygens (including phenoxy) is 1. The fourth-order valence-electron chi connectivity index (χ4n) is 1.67. The molecule has 0 spiro atoms. The Morgan fingerprint density at radius 1 is 1.29 bits per heavy atom. The second-order valence-corrected chi connectivity index (χ2v) is 5.77. The number of nitrogens with one attached hydrogen (secondary N) is 1. The van der Waals surface area contributed by atoms with E-state index in [-0.39, 0.29) is 18.1 Å². The number of carbonyl (C=O) groups excluding carboxylic acids is 2. The Bertz CT molecular complexity index is 745. The molecule has 3 aromatic rings. The fraction of sp³-hybridized carbons (Fsp3) is 0.0714. The van der Waals surface area contributed by atoms with Gasteiger partial charge in [-0.25, -0.2) is 9.78 Å². The highest BCUT2D eigenvalue weighted by atomic mass is 32.1. The standard InChI is InChI=1S/C14H10N2O3S2/c17-12(10-2-1-4-15-10)6-19-14(18)11-8-21-13(16-11)9-3-5-20-7-9/h1-5,7-8,15H,6H2. The summed E-state index contributed by atoms with van der Waals surface area (Å²) in [7, 11) is 0. The fourth-order valence-corrected chi connectivity index (χ4v) is 3.17. The molecule has 3 aromatic heterocycles. The third-order valence-corrected chi connectivity index (χ3v) is 4.29. The molecule has 0 bridgehead atoms. The van der Waals surface area contributed by atoms with Crippen LogP contribution in [0.1, 0.15) is 21.0 Å². The predicted molar refractivity (Wildman–Crippen MR) is 80.8 cm³/mol. The van der Waals surface area contributed by atoms with Gasteiger partial charge in [-0.2, -0.15) is 11.3 Å². The number of thiazole rings is 1. The van der Waals surface area contributed by atoms with Crippen LogP contribution in [0.2, 0.25) is 0 Å². The normalized spacial score (nSPS) is 10.5. The Morgan fingerprint density at radius 3 is 2.90 bits per heavy atom. The van der Waals surface area contributed by atoms with E-state index in [2.05, 4.69) is 9.97 Å². The molecule has 106 valence electrons. The summed E-state index contributed by atoms with van der Waals surface area (Å²) in [5.74, 6) is -0.866. The topological polar surface area (TPSA) is 72.1 Å². The van der Waals surface area contributed by atoms with Crippen LogP contribution in [0.5, 0.6) is 0 Å². The number of Topliss-reactive ketones (excluding diaryl/α,β-unsaturated/α-hetero) is 1. The first-order valence-corrected chi connectivity index (χ1v) is 7.88. The van der Waals surface area contributed by atoms with Crippen LogP contribution in [-0.2, 0) is 4.74 Å². The molecule has 0 aromatic carbocycles. The number of esters is 1. The molecule has 0 aliphatic heterocycles. The molecule has 0 unspecified atom stereocenters. The Hall–Kier alpha value is -2.25. The lowest BCUT2D eigenvalue weighted by Gasteiger charge is -2.00. The number of nitrogens with zero attached hydrogens (tertiary/aromatic N) is 1. The molecule has 5 nitrogen and oxygen atoms in total. The van der Waals surface area contributed by atoms with Crippen molar-refractivity contribution >= 4 is 34.4 Å². The molecule has 0 saturated carbocycles. The maximum atomic E-state index is 11.9. The van der Waals surface area contributed by atoms with Gasteiger partial charge in [0, 0.05) is 22.5 Å². The number of hydrogen-bond acceptors (Lipinski definition) is 6. The first-order valence-electron chi connectivity index (χ1n) is 6.06. The smallest absolute Gasteiger partial charge is 0.358 e. The van der Waals surface area contributed by atoms with Crippen molar-refractivity contribution in [2.24, 2.45) is 0 Å². The molecule has 7 heteroatoms. The summed E-state index contributed by atoms with van der Waals surface area (Å²) >= 11 is 2.94. The number of carbonyl (C=O) groups is 2. The molecule has 3 heterocycles. The van der Waals surface area contributed by atoms with Crippen molar-refractivity contribution in [1.82, 2.24) is 9.97 Å². The van der Waals surface area contributed by atoms with E-state index in [0.29, 0.717) is 5.69 Å². The van der Waals surface area contributed by atoms with Gasteiger partial charge >= 0.3 is 5.97 Å². The summed E-state index contributed by atoms with van der Waals surface area (Å²) in [6.45, 7) is -0.301. The average Bonchev–Trinajstić information content (AvgIpc) is 3.25. The second kappa shape index (κ2) is 6.02. The minimum absolute atomic E-state index is 0.223. The van der Waals surface area contributed by atoms with E-state index >= 15 is 0 Å². The Kier molecular flexibility index (Phi) is 3.94. The number of H-pyrrole nitrogens is 1. The molecule has 0 aliphatic carbocycles. The highest BCUT2D eigenvalue weighted by molar-refractivity contribution is 7.14. The Balaban J connectivity index is 1.62. The van der Waals surface area contributed by atoms with Crippen LogP contribution < -0.4 is 0 Å². The first-order chi connectivity index (χ1) is 10.2. The summed E-state index contributed by atoms with van der Waals surface area (Å²) in [6, 6.07) is 5.28. The predicted octanol–water partition coefficient (Wildman–Crippen LogP) is 3.24. The van der Waals surface area contributed by atoms with E-state index in [9.17, 15) is 9.59 Å². The highest BCUT2D eigenvalue weighted by Gasteiger charge is 2.16. The molecule has 3 rings (SSSR count). The van der Waals surface area contributed by atoms with E-state index in [4.69, 9.17) is 4.74 Å². The molecule has 21 heavy (non-hydrogen) atoms. The zero-order valence-corrected chi connectivity index (χ0v) is 12.4. The van der Waals surface area contributed by atoms with Gasteiger partial charge in [-0.05, 0) is 23.6 Å². The van der Waals surface area contributed by atoms with Crippen LogP contribution in [0.4, 0.5) is 0 Å². The number of aromatic amines is 1.